The summed E-state index contributed by atoms with van der Waals surface area (Å²) in [5.41, 5.74) is 5.36. The Morgan fingerprint density at radius 1 is 1.15 bits per heavy atom. The number of nitrogens with two attached hydrogens (primary N) is 1. The number of nitrogens with zero attached hydrogens (tertiary/aromatic N) is 1. The maximum Gasteiger partial charge on any atom is 0.255 e. The van der Waals surface area contributed by atoms with Crippen molar-refractivity contribution in [2.24, 2.45) is 0 Å². The van der Waals surface area contributed by atoms with E-state index in [1.165, 1.54) is 18.2 Å². The smallest absolute Gasteiger partial charge is 0.255 e. The Morgan fingerprint density at radius 3 is 2.50 bits per heavy atom. The second kappa shape index (κ2) is 5.36. The summed E-state index contributed by atoms with van der Waals surface area (Å²) < 4.78 is 26.6. The highest BCUT2D eigenvalue weighted by Gasteiger charge is 2.11. The van der Waals surface area contributed by atoms with Crippen molar-refractivity contribution in [1.82, 2.24) is 0 Å². The van der Waals surface area contributed by atoms with Gasteiger partial charge in [0.05, 0.1) is 23.0 Å². The first-order valence-corrected chi connectivity index (χ1v) is 5.57. The summed E-state index contributed by atoms with van der Waals surface area (Å²) in [6.45, 7) is 0. The van der Waals surface area contributed by atoms with Gasteiger partial charge in [-0.15, -0.1) is 0 Å². The fraction of sp³-hybridized carbons (Fsp3) is 0. The Morgan fingerprint density at radius 2 is 1.90 bits per heavy atom. The Kier molecular flexibility index (Phi) is 3.62. The standard InChI is InChI=1S/C14H9F2N3O/c15-10-3-2-9(6-12(10)18)14(20)19-13-4-1-8(7-17)5-11(13)16/h1-6H,18H2,(H,19,20). The third-order valence-corrected chi connectivity index (χ3v) is 2.60. The maximum atomic E-state index is 13.6. The molecule has 20 heavy (non-hydrogen) atoms. The third-order valence-electron chi connectivity index (χ3n) is 2.60. The van der Waals surface area contributed by atoms with Crippen LogP contribution in [0.4, 0.5) is 20.2 Å². The Balaban J connectivity index is 2.23. The SMILES string of the molecule is N#Cc1ccc(NC(=O)c2ccc(F)c(N)c2)c(F)c1. The molecule has 0 bridgehead atoms. The average molecular weight is 273 g/mol. The highest BCUT2D eigenvalue weighted by molar-refractivity contribution is 6.04. The van der Waals surface area contributed by atoms with E-state index in [0.717, 1.165) is 18.2 Å². The minimum atomic E-state index is -0.729. The average Bonchev–Trinajstić information content (AvgIpc) is 2.43. The van der Waals surface area contributed by atoms with Crippen LogP contribution in [0.25, 0.3) is 0 Å². The van der Waals surface area contributed by atoms with Crippen LogP contribution >= 0.6 is 0 Å². The molecule has 0 fully saturated rings. The van der Waals surface area contributed by atoms with Crippen molar-refractivity contribution in [1.29, 1.82) is 5.26 Å². The predicted molar refractivity (Wildman–Crippen MR) is 69.9 cm³/mol. The zero-order chi connectivity index (χ0) is 14.7. The molecule has 0 saturated heterocycles. The van der Waals surface area contributed by atoms with E-state index in [-0.39, 0.29) is 22.5 Å². The third kappa shape index (κ3) is 2.72. The van der Waals surface area contributed by atoms with Crippen LogP contribution in [0, 0.1) is 23.0 Å². The van der Waals surface area contributed by atoms with Crippen LogP contribution in [0.2, 0.25) is 0 Å². The van der Waals surface area contributed by atoms with E-state index in [1.54, 1.807) is 6.07 Å². The van der Waals surface area contributed by atoms with Crippen LogP contribution in [-0.4, -0.2) is 5.91 Å². The van der Waals surface area contributed by atoms with Gasteiger partial charge in [0.15, 0.2) is 0 Å². The number of benzene rings is 2. The fourth-order valence-electron chi connectivity index (χ4n) is 1.57. The summed E-state index contributed by atoms with van der Waals surface area (Å²) in [6.07, 6.45) is 0. The first-order chi connectivity index (χ1) is 9.51. The molecule has 100 valence electrons. The quantitative estimate of drug-likeness (QED) is 0.825. The number of nitrogens with one attached hydrogen (secondary N) is 1. The topological polar surface area (TPSA) is 78.9 Å². The minimum Gasteiger partial charge on any atom is -0.396 e. The minimum absolute atomic E-state index is 0.0723. The van der Waals surface area contributed by atoms with Gasteiger partial charge in [0.2, 0.25) is 0 Å². The highest BCUT2D eigenvalue weighted by atomic mass is 19.1. The number of rotatable bonds is 2. The van der Waals surface area contributed by atoms with Crippen LogP contribution in [-0.2, 0) is 0 Å². The van der Waals surface area contributed by atoms with Gasteiger partial charge in [0.25, 0.3) is 5.91 Å². The van der Waals surface area contributed by atoms with Gasteiger partial charge in [-0.1, -0.05) is 0 Å². The van der Waals surface area contributed by atoms with E-state index in [9.17, 15) is 13.6 Å². The second-order valence-electron chi connectivity index (χ2n) is 4.00. The molecule has 6 heteroatoms. The van der Waals surface area contributed by atoms with Gasteiger partial charge in [-0.05, 0) is 36.4 Å². The van der Waals surface area contributed by atoms with Crippen molar-refractivity contribution in [3.8, 4) is 6.07 Å². The largest absolute Gasteiger partial charge is 0.396 e. The van der Waals surface area contributed by atoms with Crippen LogP contribution < -0.4 is 11.1 Å². The number of carbonyl (C=O) groups excluding carboxylic acids is 1. The highest BCUT2D eigenvalue weighted by Crippen LogP contribution is 2.18. The van der Waals surface area contributed by atoms with Crippen molar-refractivity contribution in [2.45, 2.75) is 0 Å². The molecule has 3 N–H and O–H groups in total. The molecule has 2 aromatic carbocycles. The number of anilines is 2. The van der Waals surface area contributed by atoms with Gasteiger partial charge in [0.1, 0.15) is 11.6 Å². The van der Waals surface area contributed by atoms with Crippen molar-refractivity contribution < 1.29 is 13.6 Å². The van der Waals surface area contributed by atoms with E-state index in [4.69, 9.17) is 11.0 Å². The van der Waals surface area contributed by atoms with Gasteiger partial charge in [-0.2, -0.15) is 5.26 Å². The van der Waals surface area contributed by atoms with E-state index >= 15 is 0 Å². The molecule has 0 atom stereocenters. The van der Waals surface area contributed by atoms with Gasteiger partial charge in [-0.25, -0.2) is 8.78 Å². The van der Waals surface area contributed by atoms with Crippen molar-refractivity contribution >= 4 is 17.3 Å². The zero-order valence-corrected chi connectivity index (χ0v) is 10.2. The summed E-state index contributed by atoms with van der Waals surface area (Å²) in [5.74, 6) is -1.99. The Hall–Kier alpha value is -2.94. The molecule has 0 heterocycles. The molecular formula is C14H9F2N3O. The number of nitriles is 1. The van der Waals surface area contributed by atoms with Gasteiger partial charge < -0.3 is 11.1 Å². The second-order valence-corrected chi connectivity index (χ2v) is 4.00. The van der Waals surface area contributed by atoms with E-state index in [0.29, 0.717) is 0 Å². The van der Waals surface area contributed by atoms with Gasteiger partial charge in [-0.3, -0.25) is 4.79 Å². The summed E-state index contributed by atoms with van der Waals surface area (Å²) in [5, 5.41) is 10.9. The van der Waals surface area contributed by atoms with Crippen LogP contribution in [0.5, 0.6) is 0 Å². The van der Waals surface area contributed by atoms with Gasteiger partial charge >= 0.3 is 0 Å². The van der Waals surface area contributed by atoms with Crippen LogP contribution in [0.1, 0.15) is 15.9 Å². The molecule has 0 saturated carbocycles. The van der Waals surface area contributed by atoms with E-state index in [2.05, 4.69) is 5.32 Å². The number of hydrogen-bond acceptors (Lipinski definition) is 3. The number of halogens is 2. The monoisotopic (exact) mass is 273 g/mol. The molecule has 0 aliphatic heterocycles. The first kappa shape index (κ1) is 13.5. The molecule has 4 nitrogen and oxygen atoms in total. The molecule has 2 aromatic rings. The van der Waals surface area contributed by atoms with Crippen LogP contribution in [0.3, 0.4) is 0 Å². The number of amides is 1. The summed E-state index contributed by atoms with van der Waals surface area (Å²) in [7, 11) is 0. The Labute approximate surface area is 113 Å². The lowest BCUT2D eigenvalue weighted by atomic mass is 10.1. The molecule has 0 aliphatic carbocycles. The molecule has 0 spiro atoms. The van der Waals surface area contributed by atoms with E-state index in [1.807, 2.05) is 0 Å². The predicted octanol–water partition coefficient (Wildman–Crippen LogP) is 2.67. The first-order valence-electron chi connectivity index (χ1n) is 5.57. The van der Waals surface area contributed by atoms with Gasteiger partial charge in [0, 0.05) is 5.56 Å². The summed E-state index contributed by atoms with van der Waals surface area (Å²) >= 11 is 0. The van der Waals surface area contributed by atoms with Crippen LogP contribution in [0.15, 0.2) is 36.4 Å². The Bertz CT molecular complexity index is 723. The lowest BCUT2D eigenvalue weighted by Crippen LogP contribution is -2.13. The molecule has 0 aromatic heterocycles. The molecule has 0 aliphatic rings. The van der Waals surface area contributed by atoms with Crippen molar-refractivity contribution in [2.75, 3.05) is 11.1 Å². The fourth-order valence-corrected chi connectivity index (χ4v) is 1.57. The lowest BCUT2D eigenvalue weighted by Gasteiger charge is -2.07. The molecule has 2 rings (SSSR count). The lowest BCUT2D eigenvalue weighted by molar-refractivity contribution is 0.102. The maximum absolute atomic E-state index is 13.6. The van der Waals surface area contributed by atoms with E-state index < -0.39 is 17.5 Å². The summed E-state index contributed by atoms with van der Waals surface area (Å²) in [6, 6.07) is 8.89. The normalized spacial score (nSPS) is 9.85. The van der Waals surface area contributed by atoms with Crippen molar-refractivity contribution in [3.05, 3.63) is 59.2 Å². The molecule has 0 unspecified atom stereocenters. The molecular weight excluding hydrogens is 264 g/mol. The summed E-state index contributed by atoms with van der Waals surface area (Å²) in [4.78, 5) is 11.9. The molecule has 0 radical (unpaired) electrons. The number of carbonyl (C=O) groups is 1. The van der Waals surface area contributed by atoms with Crippen molar-refractivity contribution in [3.63, 3.8) is 0 Å². The number of nitrogen functional groups attached to an aromatic ring is 1. The number of hydrogen-bond donors (Lipinski definition) is 2. The zero-order valence-electron chi connectivity index (χ0n) is 10.2. The molecule has 1 amide bonds.